The van der Waals surface area contributed by atoms with Gasteiger partial charge >= 0.3 is 5.97 Å². The van der Waals surface area contributed by atoms with Crippen molar-refractivity contribution in [3.8, 4) is 0 Å². The van der Waals surface area contributed by atoms with E-state index in [0.717, 1.165) is 12.1 Å². The lowest BCUT2D eigenvalue weighted by atomic mass is 10.2. The number of carboxylic acid groups (broad SMARTS) is 1. The minimum Gasteiger partial charge on any atom is -0.478 e. The van der Waals surface area contributed by atoms with Crippen molar-refractivity contribution >= 4 is 5.97 Å². The molecule has 0 aliphatic rings. The van der Waals surface area contributed by atoms with Crippen LogP contribution < -0.4 is 0 Å². The van der Waals surface area contributed by atoms with Crippen LogP contribution in [0.5, 0.6) is 0 Å². The summed E-state index contributed by atoms with van der Waals surface area (Å²) in [6.45, 7) is 1.91. The van der Waals surface area contributed by atoms with Crippen LogP contribution in [0.15, 0.2) is 12.3 Å². The Morgan fingerprint density at radius 2 is 2.50 bits per heavy atom. The van der Waals surface area contributed by atoms with E-state index in [0.29, 0.717) is 5.56 Å². The number of aromatic nitrogens is 1. The molecule has 1 heterocycles. The van der Waals surface area contributed by atoms with Crippen LogP contribution in [0.25, 0.3) is 0 Å². The monoisotopic (exact) mass is 139 g/mol. The number of hydrogen-bond acceptors (Lipinski definition) is 1. The van der Waals surface area contributed by atoms with Gasteiger partial charge in [-0.05, 0) is 12.5 Å². The molecule has 0 bridgehead atoms. The van der Waals surface area contributed by atoms with E-state index in [1.54, 1.807) is 12.3 Å². The van der Waals surface area contributed by atoms with E-state index < -0.39 is 5.97 Å². The van der Waals surface area contributed by atoms with E-state index in [4.69, 9.17) is 5.11 Å². The highest BCUT2D eigenvalue weighted by Crippen LogP contribution is 2.06. The second-order valence-corrected chi connectivity index (χ2v) is 2.03. The van der Waals surface area contributed by atoms with Gasteiger partial charge in [0.05, 0.1) is 5.56 Å². The topological polar surface area (TPSA) is 53.1 Å². The average Bonchev–Trinajstić information content (AvgIpc) is 2.33. The second-order valence-electron chi connectivity index (χ2n) is 2.03. The van der Waals surface area contributed by atoms with Gasteiger partial charge in [0.1, 0.15) is 0 Å². The first kappa shape index (κ1) is 6.86. The van der Waals surface area contributed by atoms with Gasteiger partial charge in [0.2, 0.25) is 0 Å². The summed E-state index contributed by atoms with van der Waals surface area (Å²) in [7, 11) is 0. The fourth-order valence-corrected chi connectivity index (χ4v) is 0.897. The van der Waals surface area contributed by atoms with Crippen molar-refractivity contribution in [3.63, 3.8) is 0 Å². The molecule has 0 spiro atoms. The first-order valence-corrected chi connectivity index (χ1v) is 3.15. The van der Waals surface area contributed by atoms with E-state index in [-0.39, 0.29) is 0 Å². The highest BCUT2D eigenvalue weighted by molar-refractivity contribution is 5.88. The zero-order valence-corrected chi connectivity index (χ0v) is 5.72. The summed E-state index contributed by atoms with van der Waals surface area (Å²) in [4.78, 5) is 13.3. The maximum absolute atomic E-state index is 10.4. The molecule has 0 aliphatic heterocycles. The van der Waals surface area contributed by atoms with Crippen LogP contribution in [0.4, 0.5) is 0 Å². The van der Waals surface area contributed by atoms with E-state index in [1.807, 2.05) is 6.92 Å². The molecule has 0 saturated heterocycles. The van der Waals surface area contributed by atoms with Crippen LogP contribution in [0.2, 0.25) is 0 Å². The molecule has 10 heavy (non-hydrogen) atoms. The third-order valence-electron chi connectivity index (χ3n) is 1.42. The maximum Gasteiger partial charge on any atom is 0.337 e. The van der Waals surface area contributed by atoms with E-state index in [1.165, 1.54) is 0 Å². The number of aromatic carboxylic acids is 1. The molecule has 0 unspecified atom stereocenters. The van der Waals surface area contributed by atoms with E-state index >= 15 is 0 Å². The first-order valence-electron chi connectivity index (χ1n) is 3.15. The number of carboxylic acids is 1. The Balaban J connectivity index is 3.01. The lowest BCUT2D eigenvalue weighted by molar-refractivity contribution is 0.0696. The van der Waals surface area contributed by atoms with Gasteiger partial charge in [-0.2, -0.15) is 0 Å². The van der Waals surface area contributed by atoms with Crippen LogP contribution in [0.3, 0.4) is 0 Å². The largest absolute Gasteiger partial charge is 0.478 e. The number of aryl methyl sites for hydroxylation is 1. The predicted octanol–water partition coefficient (Wildman–Crippen LogP) is 1.28. The van der Waals surface area contributed by atoms with Gasteiger partial charge in [-0.3, -0.25) is 0 Å². The average molecular weight is 139 g/mol. The third-order valence-corrected chi connectivity index (χ3v) is 1.42. The summed E-state index contributed by atoms with van der Waals surface area (Å²) in [5, 5.41) is 8.57. The summed E-state index contributed by atoms with van der Waals surface area (Å²) in [6.07, 6.45) is 2.37. The highest BCUT2D eigenvalue weighted by atomic mass is 16.4. The normalized spacial score (nSPS) is 9.70. The number of nitrogens with one attached hydrogen (secondary N) is 1. The molecule has 3 nitrogen and oxygen atoms in total. The summed E-state index contributed by atoms with van der Waals surface area (Å²) in [6, 6.07) is 1.57. The number of carbonyl (C=O) groups is 1. The Bertz CT molecular complexity index is 240. The lowest BCUT2D eigenvalue weighted by Gasteiger charge is -1.92. The number of H-pyrrole nitrogens is 1. The van der Waals surface area contributed by atoms with Crippen molar-refractivity contribution in [1.82, 2.24) is 4.98 Å². The van der Waals surface area contributed by atoms with Crippen molar-refractivity contribution in [2.75, 3.05) is 0 Å². The maximum atomic E-state index is 10.4. The summed E-state index contributed by atoms with van der Waals surface area (Å²) in [5.41, 5.74) is 1.16. The van der Waals surface area contributed by atoms with Gasteiger partial charge < -0.3 is 10.1 Å². The minimum absolute atomic E-state index is 0.377. The fourth-order valence-electron chi connectivity index (χ4n) is 0.897. The first-order chi connectivity index (χ1) is 4.75. The molecule has 1 aromatic rings. The summed E-state index contributed by atoms with van der Waals surface area (Å²) < 4.78 is 0. The standard InChI is InChI=1S/C7H9NO2/c1-2-6-5(7(9)10)3-4-8-6/h3-4,8H,2H2,1H3,(H,9,10). The second kappa shape index (κ2) is 2.56. The summed E-state index contributed by atoms with van der Waals surface area (Å²) >= 11 is 0. The van der Waals surface area contributed by atoms with Crippen LogP contribution in [-0.4, -0.2) is 16.1 Å². The lowest BCUT2D eigenvalue weighted by Crippen LogP contribution is -1.98. The number of aromatic amines is 1. The Kier molecular flexibility index (Phi) is 1.76. The Hall–Kier alpha value is -1.25. The number of hydrogen-bond donors (Lipinski definition) is 2. The molecule has 0 atom stereocenters. The molecule has 1 aromatic heterocycles. The molecule has 0 saturated carbocycles. The van der Waals surface area contributed by atoms with Crippen LogP contribution >= 0.6 is 0 Å². The van der Waals surface area contributed by atoms with E-state index in [2.05, 4.69) is 4.98 Å². The molecule has 54 valence electrons. The van der Waals surface area contributed by atoms with Gasteiger partial charge in [0, 0.05) is 11.9 Å². The minimum atomic E-state index is -0.863. The molecule has 2 N–H and O–H groups in total. The Morgan fingerprint density at radius 3 is 2.90 bits per heavy atom. The van der Waals surface area contributed by atoms with Crippen molar-refractivity contribution in [1.29, 1.82) is 0 Å². The fraction of sp³-hybridized carbons (Fsp3) is 0.286. The van der Waals surface area contributed by atoms with Gasteiger partial charge in [0.25, 0.3) is 0 Å². The zero-order valence-electron chi connectivity index (χ0n) is 5.72. The number of rotatable bonds is 2. The molecule has 0 fully saturated rings. The molecule has 3 heteroatoms. The Labute approximate surface area is 58.7 Å². The molecule has 1 rings (SSSR count). The third kappa shape index (κ3) is 1.03. The van der Waals surface area contributed by atoms with E-state index in [9.17, 15) is 4.79 Å². The molecular weight excluding hydrogens is 130 g/mol. The molecule has 0 amide bonds. The van der Waals surface area contributed by atoms with Crippen LogP contribution in [-0.2, 0) is 6.42 Å². The van der Waals surface area contributed by atoms with Gasteiger partial charge in [-0.25, -0.2) is 4.79 Å². The quantitative estimate of drug-likeness (QED) is 0.648. The zero-order chi connectivity index (χ0) is 7.56. The molecule has 0 radical (unpaired) electrons. The van der Waals surface area contributed by atoms with Crippen molar-refractivity contribution in [3.05, 3.63) is 23.5 Å². The van der Waals surface area contributed by atoms with Crippen molar-refractivity contribution in [2.24, 2.45) is 0 Å². The smallest absolute Gasteiger partial charge is 0.337 e. The predicted molar refractivity (Wildman–Crippen MR) is 37.1 cm³/mol. The van der Waals surface area contributed by atoms with Crippen molar-refractivity contribution in [2.45, 2.75) is 13.3 Å². The van der Waals surface area contributed by atoms with Crippen molar-refractivity contribution < 1.29 is 9.90 Å². The van der Waals surface area contributed by atoms with Gasteiger partial charge in [-0.1, -0.05) is 6.92 Å². The highest BCUT2D eigenvalue weighted by Gasteiger charge is 2.07. The Morgan fingerprint density at radius 1 is 1.80 bits per heavy atom. The van der Waals surface area contributed by atoms with Crippen LogP contribution in [0, 0.1) is 0 Å². The SMILES string of the molecule is CCc1[nH]ccc1C(=O)O. The summed E-state index contributed by atoms with van der Waals surface area (Å²) in [5.74, 6) is -0.863. The molecular formula is C7H9NO2. The van der Waals surface area contributed by atoms with Crippen LogP contribution in [0.1, 0.15) is 23.0 Å². The van der Waals surface area contributed by atoms with Gasteiger partial charge in [-0.15, -0.1) is 0 Å². The molecule has 0 aliphatic carbocycles. The van der Waals surface area contributed by atoms with Gasteiger partial charge in [0.15, 0.2) is 0 Å². The molecule has 0 aromatic carbocycles.